The van der Waals surface area contributed by atoms with Gasteiger partial charge in [-0.1, -0.05) is 0 Å². The molecule has 0 amide bonds. The second-order valence-electron chi connectivity index (χ2n) is 3.30. The molecule has 0 radical (unpaired) electrons. The maximum absolute atomic E-state index is 8.90. The summed E-state index contributed by atoms with van der Waals surface area (Å²) < 4.78 is 0. The molecule has 2 rings (SSSR count). The third kappa shape index (κ3) is 1.76. The van der Waals surface area contributed by atoms with E-state index in [1.807, 2.05) is 0 Å². The van der Waals surface area contributed by atoms with Gasteiger partial charge in [-0.3, -0.25) is 4.90 Å². The summed E-state index contributed by atoms with van der Waals surface area (Å²) in [5.41, 5.74) is 0.550. The first-order valence-corrected chi connectivity index (χ1v) is 4.75. The number of piperazine rings is 1. The fraction of sp³-hybridized carbons (Fsp3) is 0.556. The molecule has 1 atom stereocenters. The molecule has 0 spiro atoms. The Morgan fingerprint density at radius 3 is 3.00 bits per heavy atom. The van der Waals surface area contributed by atoms with Crippen LogP contribution in [0.25, 0.3) is 0 Å². The number of aliphatic imine (C=N–C) groups is 1. The fourth-order valence-electron chi connectivity index (χ4n) is 1.71. The van der Waals surface area contributed by atoms with Crippen molar-refractivity contribution in [3.05, 3.63) is 12.4 Å². The Kier molecular flexibility index (Phi) is 2.77. The lowest BCUT2D eigenvalue weighted by Crippen LogP contribution is -2.56. The average Bonchev–Trinajstić information content (AvgIpc) is 2.30. The summed E-state index contributed by atoms with van der Waals surface area (Å²) in [7, 11) is 0. The van der Waals surface area contributed by atoms with Gasteiger partial charge in [-0.2, -0.15) is 5.26 Å². The van der Waals surface area contributed by atoms with Gasteiger partial charge in [0.25, 0.3) is 0 Å². The van der Waals surface area contributed by atoms with Crippen LogP contribution in [0.5, 0.6) is 0 Å². The van der Waals surface area contributed by atoms with Crippen molar-refractivity contribution in [2.75, 3.05) is 26.2 Å². The largest absolute Gasteiger partial charge is 0.369 e. The molecule has 2 aliphatic heterocycles. The first kappa shape index (κ1) is 9.19. The Hall–Kier alpha value is -1.38. The van der Waals surface area contributed by atoms with Crippen LogP contribution >= 0.6 is 0 Å². The van der Waals surface area contributed by atoms with Gasteiger partial charge in [0.05, 0.1) is 0 Å². The van der Waals surface area contributed by atoms with Gasteiger partial charge in [-0.15, -0.1) is 0 Å². The molecule has 5 heteroatoms. The third-order valence-electron chi connectivity index (χ3n) is 2.43. The first-order valence-electron chi connectivity index (χ1n) is 4.75. The average molecular weight is 191 g/mol. The molecule has 0 aromatic heterocycles. The van der Waals surface area contributed by atoms with Crippen molar-refractivity contribution in [2.24, 2.45) is 4.99 Å². The highest BCUT2D eigenvalue weighted by atomic mass is 15.3. The zero-order chi connectivity index (χ0) is 9.80. The maximum atomic E-state index is 8.90. The van der Waals surface area contributed by atoms with E-state index in [1.165, 1.54) is 0 Å². The molecule has 1 saturated heterocycles. The molecule has 5 nitrogen and oxygen atoms in total. The van der Waals surface area contributed by atoms with Gasteiger partial charge < -0.3 is 10.6 Å². The predicted octanol–water partition coefficient (Wildman–Crippen LogP) is -0.743. The van der Waals surface area contributed by atoms with Crippen LogP contribution in [-0.2, 0) is 0 Å². The molecule has 0 saturated carbocycles. The lowest BCUT2D eigenvalue weighted by Gasteiger charge is -2.34. The highest BCUT2D eigenvalue weighted by Gasteiger charge is 2.25. The number of nitrogens with zero attached hydrogens (tertiary/aromatic N) is 3. The Morgan fingerprint density at radius 2 is 2.29 bits per heavy atom. The van der Waals surface area contributed by atoms with Gasteiger partial charge in [0, 0.05) is 38.6 Å². The van der Waals surface area contributed by atoms with E-state index >= 15 is 0 Å². The molecule has 0 aromatic carbocycles. The Morgan fingerprint density at radius 1 is 1.50 bits per heavy atom. The fourth-order valence-corrected chi connectivity index (χ4v) is 1.71. The van der Waals surface area contributed by atoms with E-state index in [9.17, 15) is 0 Å². The number of hydrogen-bond acceptors (Lipinski definition) is 5. The van der Waals surface area contributed by atoms with Gasteiger partial charge in [0.2, 0.25) is 0 Å². The van der Waals surface area contributed by atoms with E-state index in [2.05, 4.69) is 26.6 Å². The summed E-state index contributed by atoms with van der Waals surface area (Å²) in [4.78, 5) is 6.28. The van der Waals surface area contributed by atoms with E-state index in [4.69, 9.17) is 5.26 Å². The molecule has 14 heavy (non-hydrogen) atoms. The Labute approximate surface area is 83.1 Å². The van der Waals surface area contributed by atoms with Gasteiger partial charge >= 0.3 is 0 Å². The smallest absolute Gasteiger partial charge is 0.154 e. The standard InChI is InChI=1S/C9H13N5/c10-7-8-9(13-2-1-12-8)14-5-3-11-4-6-14/h1-2,9,11,13H,3-6H2. The Balaban J connectivity index is 2.06. The monoisotopic (exact) mass is 191 g/mol. The molecular formula is C9H13N5. The molecular weight excluding hydrogens is 178 g/mol. The van der Waals surface area contributed by atoms with Crippen molar-refractivity contribution >= 4 is 5.71 Å². The molecule has 0 bridgehead atoms. The van der Waals surface area contributed by atoms with Crippen LogP contribution in [0, 0.1) is 11.3 Å². The van der Waals surface area contributed by atoms with E-state index in [0.717, 1.165) is 26.2 Å². The second kappa shape index (κ2) is 4.22. The van der Waals surface area contributed by atoms with Crippen LogP contribution < -0.4 is 10.6 Å². The van der Waals surface area contributed by atoms with Crippen LogP contribution in [0.15, 0.2) is 17.4 Å². The summed E-state index contributed by atoms with van der Waals surface area (Å²) in [6.45, 7) is 3.85. The predicted molar refractivity (Wildman–Crippen MR) is 53.6 cm³/mol. The highest BCUT2D eigenvalue weighted by Crippen LogP contribution is 2.04. The van der Waals surface area contributed by atoms with Crippen molar-refractivity contribution in [3.8, 4) is 6.07 Å². The van der Waals surface area contributed by atoms with Gasteiger partial charge in [-0.05, 0) is 0 Å². The highest BCUT2D eigenvalue weighted by molar-refractivity contribution is 6.03. The normalized spacial score (nSPS) is 27.6. The van der Waals surface area contributed by atoms with Gasteiger partial charge in [0.15, 0.2) is 5.71 Å². The lowest BCUT2D eigenvalue weighted by atomic mass is 10.2. The summed E-state index contributed by atoms with van der Waals surface area (Å²) >= 11 is 0. The maximum Gasteiger partial charge on any atom is 0.154 e. The summed E-state index contributed by atoms with van der Waals surface area (Å²) in [5, 5.41) is 15.3. The van der Waals surface area contributed by atoms with Crippen molar-refractivity contribution in [3.63, 3.8) is 0 Å². The first-order chi connectivity index (χ1) is 6.92. The van der Waals surface area contributed by atoms with Gasteiger partial charge in [0.1, 0.15) is 12.2 Å². The molecule has 74 valence electrons. The zero-order valence-corrected chi connectivity index (χ0v) is 7.90. The summed E-state index contributed by atoms with van der Waals surface area (Å²) in [6, 6.07) is 2.13. The molecule has 2 heterocycles. The number of nitrogens with one attached hydrogen (secondary N) is 2. The van der Waals surface area contributed by atoms with Gasteiger partial charge in [-0.25, -0.2) is 4.99 Å². The van der Waals surface area contributed by atoms with Crippen LogP contribution in [0.3, 0.4) is 0 Å². The lowest BCUT2D eigenvalue weighted by molar-refractivity contribution is 0.199. The van der Waals surface area contributed by atoms with Crippen molar-refractivity contribution < 1.29 is 0 Å². The molecule has 0 aliphatic carbocycles. The molecule has 1 fully saturated rings. The number of rotatable bonds is 1. The second-order valence-corrected chi connectivity index (χ2v) is 3.30. The minimum absolute atomic E-state index is 0.0351. The van der Waals surface area contributed by atoms with Crippen molar-refractivity contribution in [1.29, 1.82) is 5.26 Å². The SMILES string of the molecule is N#CC1=NC=CNC1N1CCNCC1. The van der Waals surface area contributed by atoms with Crippen molar-refractivity contribution in [2.45, 2.75) is 6.17 Å². The third-order valence-corrected chi connectivity index (χ3v) is 2.43. The van der Waals surface area contributed by atoms with Crippen LogP contribution in [-0.4, -0.2) is 43.0 Å². The Bertz CT molecular complexity index is 295. The summed E-state index contributed by atoms with van der Waals surface area (Å²) in [6.07, 6.45) is 3.37. The molecule has 0 aromatic rings. The topological polar surface area (TPSA) is 63.5 Å². The molecule has 2 aliphatic rings. The van der Waals surface area contributed by atoms with E-state index in [0.29, 0.717) is 5.71 Å². The number of hydrogen-bond donors (Lipinski definition) is 2. The van der Waals surface area contributed by atoms with E-state index in [1.54, 1.807) is 12.4 Å². The van der Waals surface area contributed by atoms with Crippen LogP contribution in [0.2, 0.25) is 0 Å². The minimum atomic E-state index is -0.0351. The quantitative estimate of drug-likeness (QED) is 0.573. The molecule has 1 unspecified atom stereocenters. The molecule has 2 N–H and O–H groups in total. The minimum Gasteiger partial charge on any atom is -0.369 e. The van der Waals surface area contributed by atoms with Crippen LogP contribution in [0.1, 0.15) is 0 Å². The zero-order valence-electron chi connectivity index (χ0n) is 7.90. The van der Waals surface area contributed by atoms with E-state index < -0.39 is 0 Å². The van der Waals surface area contributed by atoms with Crippen LogP contribution in [0.4, 0.5) is 0 Å². The van der Waals surface area contributed by atoms with E-state index in [-0.39, 0.29) is 6.17 Å². The van der Waals surface area contributed by atoms with Crippen molar-refractivity contribution in [1.82, 2.24) is 15.5 Å². The summed E-state index contributed by atoms with van der Waals surface area (Å²) in [5.74, 6) is 0. The number of nitriles is 1.